The molecule has 2 rings (SSSR count). The van der Waals surface area contributed by atoms with Gasteiger partial charge in [0.2, 0.25) is 5.91 Å². The molecule has 1 aromatic carbocycles. The van der Waals surface area contributed by atoms with Crippen LogP contribution in [0.15, 0.2) is 35.8 Å². The number of hydrogen-bond acceptors (Lipinski definition) is 4. The van der Waals surface area contributed by atoms with Crippen LogP contribution in [0, 0.1) is 5.82 Å². The number of halogens is 1. The lowest BCUT2D eigenvalue weighted by molar-refractivity contribution is -0.125. The maximum Gasteiger partial charge on any atom is 0.241 e. The van der Waals surface area contributed by atoms with Gasteiger partial charge in [0.15, 0.2) is 0 Å². The molecule has 0 saturated heterocycles. The number of thiazole rings is 1. The quantitative estimate of drug-likeness (QED) is 0.890. The zero-order chi connectivity index (χ0) is 15.2. The summed E-state index contributed by atoms with van der Waals surface area (Å²) in [6.07, 6.45) is 2.45. The number of carbonyl (C=O) groups excluding carboxylic acids is 1. The number of rotatable bonds is 6. The van der Waals surface area contributed by atoms with Crippen LogP contribution in [0.5, 0.6) is 0 Å². The van der Waals surface area contributed by atoms with Crippen LogP contribution in [0.2, 0.25) is 0 Å². The van der Waals surface area contributed by atoms with Crippen molar-refractivity contribution in [3.05, 3.63) is 52.2 Å². The molecule has 21 heavy (non-hydrogen) atoms. The van der Waals surface area contributed by atoms with Crippen molar-refractivity contribution in [1.29, 1.82) is 0 Å². The lowest BCUT2D eigenvalue weighted by Crippen LogP contribution is -2.38. The monoisotopic (exact) mass is 307 g/mol. The van der Waals surface area contributed by atoms with Crippen molar-refractivity contribution < 1.29 is 9.18 Å². The van der Waals surface area contributed by atoms with Gasteiger partial charge in [-0.05, 0) is 31.8 Å². The largest absolute Gasteiger partial charge is 0.354 e. The van der Waals surface area contributed by atoms with Crippen LogP contribution in [0.4, 0.5) is 4.39 Å². The fourth-order valence-electron chi connectivity index (χ4n) is 2.13. The predicted octanol–water partition coefficient (Wildman–Crippen LogP) is 2.24. The van der Waals surface area contributed by atoms with Gasteiger partial charge in [-0.1, -0.05) is 12.1 Å². The van der Waals surface area contributed by atoms with Gasteiger partial charge in [-0.2, -0.15) is 0 Å². The Morgan fingerprint density at radius 2 is 2.29 bits per heavy atom. The number of aromatic nitrogens is 1. The first-order valence-corrected chi connectivity index (χ1v) is 7.54. The minimum Gasteiger partial charge on any atom is -0.354 e. The Morgan fingerprint density at radius 1 is 1.48 bits per heavy atom. The molecule has 0 aliphatic rings. The highest BCUT2D eigenvalue weighted by molar-refractivity contribution is 7.09. The van der Waals surface area contributed by atoms with Crippen LogP contribution in [0.3, 0.4) is 0 Å². The van der Waals surface area contributed by atoms with E-state index in [-0.39, 0.29) is 11.7 Å². The first kappa shape index (κ1) is 15.6. The second-order valence-corrected chi connectivity index (χ2v) is 5.87. The van der Waals surface area contributed by atoms with Crippen molar-refractivity contribution in [1.82, 2.24) is 15.2 Å². The maximum absolute atomic E-state index is 13.3. The highest BCUT2D eigenvalue weighted by atomic mass is 32.1. The summed E-state index contributed by atoms with van der Waals surface area (Å²) < 4.78 is 13.3. The Bertz CT molecular complexity index is 586. The average Bonchev–Trinajstić information content (AvgIpc) is 2.91. The summed E-state index contributed by atoms with van der Waals surface area (Å²) in [5, 5.41) is 5.78. The number of nitrogens with zero attached hydrogens (tertiary/aromatic N) is 2. The average molecular weight is 307 g/mol. The molecule has 112 valence electrons. The van der Waals surface area contributed by atoms with Gasteiger partial charge < -0.3 is 5.32 Å². The van der Waals surface area contributed by atoms with Gasteiger partial charge in [0.1, 0.15) is 11.9 Å². The molecule has 0 aliphatic carbocycles. The highest BCUT2D eigenvalue weighted by Gasteiger charge is 2.22. The molecule has 1 heterocycles. The Kier molecular flexibility index (Phi) is 5.41. The summed E-state index contributed by atoms with van der Waals surface area (Å²) in [6, 6.07) is 5.64. The Morgan fingerprint density at radius 3 is 2.90 bits per heavy atom. The van der Waals surface area contributed by atoms with Crippen molar-refractivity contribution in [2.24, 2.45) is 0 Å². The summed E-state index contributed by atoms with van der Waals surface area (Å²) >= 11 is 1.57. The molecule has 0 aliphatic heterocycles. The molecule has 6 heteroatoms. The third-order valence-corrected chi connectivity index (χ3v) is 3.89. The van der Waals surface area contributed by atoms with Gasteiger partial charge in [0.05, 0.1) is 5.01 Å². The number of amides is 1. The molecule has 0 saturated carbocycles. The molecule has 4 nitrogen and oxygen atoms in total. The summed E-state index contributed by atoms with van der Waals surface area (Å²) in [5.41, 5.74) is 0.645. The minimum absolute atomic E-state index is 0.137. The van der Waals surface area contributed by atoms with E-state index in [4.69, 9.17) is 0 Å². The van der Waals surface area contributed by atoms with Crippen molar-refractivity contribution >= 4 is 17.2 Å². The number of hydrogen-bond donors (Lipinski definition) is 1. The number of benzene rings is 1. The molecule has 1 N–H and O–H groups in total. The van der Waals surface area contributed by atoms with E-state index in [1.54, 1.807) is 48.7 Å². The summed E-state index contributed by atoms with van der Waals surface area (Å²) in [7, 11) is 3.60. The molecule has 1 aromatic heterocycles. The fourth-order valence-corrected chi connectivity index (χ4v) is 2.75. The number of nitrogens with one attached hydrogen (secondary N) is 1. The fraction of sp³-hybridized carbons (Fsp3) is 0.333. The number of likely N-dealkylation sites (N-methyl/N-ethyl adjacent to an activating group) is 1. The summed E-state index contributed by atoms with van der Waals surface area (Å²) in [5.74, 6) is -0.475. The van der Waals surface area contributed by atoms with Crippen molar-refractivity contribution in [2.45, 2.75) is 12.5 Å². The Labute approximate surface area is 127 Å². The minimum atomic E-state index is -0.503. The molecule has 0 spiro atoms. The van der Waals surface area contributed by atoms with Gasteiger partial charge in [-0.25, -0.2) is 9.37 Å². The standard InChI is InChI=1S/C15H18FN3OS/c1-19(2)14(11-4-3-5-12(16)10-11)15(20)18-7-6-13-17-8-9-21-13/h3-5,8-10,14H,6-7H2,1-2H3,(H,18,20)/t14-/m1/s1. The van der Waals surface area contributed by atoms with Gasteiger partial charge in [-0.15, -0.1) is 11.3 Å². The normalized spacial score (nSPS) is 12.4. The van der Waals surface area contributed by atoms with E-state index in [0.717, 1.165) is 5.01 Å². The molecule has 0 radical (unpaired) electrons. The maximum atomic E-state index is 13.3. The Balaban J connectivity index is 1.99. The molecule has 1 amide bonds. The lowest BCUT2D eigenvalue weighted by atomic mass is 10.1. The van der Waals surface area contributed by atoms with Gasteiger partial charge in [0, 0.05) is 24.5 Å². The predicted molar refractivity (Wildman–Crippen MR) is 81.7 cm³/mol. The zero-order valence-electron chi connectivity index (χ0n) is 12.0. The van der Waals surface area contributed by atoms with Crippen LogP contribution in [-0.2, 0) is 11.2 Å². The van der Waals surface area contributed by atoms with E-state index in [0.29, 0.717) is 18.5 Å². The molecule has 0 fully saturated rings. The van der Waals surface area contributed by atoms with E-state index in [2.05, 4.69) is 10.3 Å². The van der Waals surface area contributed by atoms with E-state index < -0.39 is 6.04 Å². The van der Waals surface area contributed by atoms with E-state index in [9.17, 15) is 9.18 Å². The van der Waals surface area contributed by atoms with Crippen LogP contribution in [-0.4, -0.2) is 36.4 Å². The van der Waals surface area contributed by atoms with E-state index >= 15 is 0 Å². The third kappa shape index (κ3) is 4.34. The SMILES string of the molecule is CN(C)[C@@H](C(=O)NCCc1nccs1)c1cccc(F)c1. The van der Waals surface area contributed by atoms with Crippen LogP contribution >= 0.6 is 11.3 Å². The zero-order valence-corrected chi connectivity index (χ0v) is 12.9. The Hall–Kier alpha value is -1.79. The molecule has 1 atom stereocenters. The topological polar surface area (TPSA) is 45.2 Å². The molecular weight excluding hydrogens is 289 g/mol. The second kappa shape index (κ2) is 7.28. The smallest absolute Gasteiger partial charge is 0.241 e. The summed E-state index contributed by atoms with van der Waals surface area (Å²) in [6.45, 7) is 0.520. The number of carbonyl (C=O) groups is 1. The van der Waals surface area contributed by atoms with Gasteiger partial charge in [-0.3, -0.25) is 9.69 Å². The van der Waals surface area contributed by atoms with Crippen molar-refractivity contribution in [3.8, 4) is 0 Å². The first-order chi connectivity index (χ1) is 10.1. The van der Waals surface area contributed by atoms with Crippen LogP contribution in [0.1, 0.15) is 16.6 Å². The molecular formula is C15H18FN3OS. The first-order valence-electron chi connectivity index (χ1n) is 6.66. The summed E-state index contributed by atoms with van der Waals surface area (Å²) in [4.78, 5) is 18.3. The van der Waals surface area contributed by atoms with Crippen LogP contribution in [0.25, 0.3) is 0 Å². The van der Waals surface area contributed by atoms with E-state index in [1.165, 1.54) is 12.1 Å². The van der Waals surface area contributed by atoms with E-state index in [1.807, 2.05) is 5.38 Å². The van der Waals surface area contributed by atoms with Crippen molar-refractivity contribution in [3.63, 3.8) is 0 Å². The molecule has 0 unspecified atom stereocenters. The van der Waals surface area contributed by atoms with Gasteiger partial charge >= 0.3 is 0 Å². The lowest BCUT2D eigenvalue weighted by Gasteiger charge is -2.23. The third-order valence-electron chi connectivity index (χ3n) is 3.05. The highest BCUT2D eigenvalue weighted by Crippen LogP contribution is 2.19. The molecule has 2 aromatic rings. The van der Waals surface area contributed by atoms with Crippen LogP contribution < -0.4 is 5.32 Å². The molecule has 0 bridgehead atoms. The second-order valence-electron chi connectivity index (χ2n) is 4.89. The van der Waals surface area contributed by atoms with Gasteiger partial charge in [0.25, 0.3) is 0 Å². The van der Waals surface area contributed by atoms with Crippen molar-refractivity contribution in [2.75, 3.05) is 20.6 Å².